The van der Waals surface area contributed by atoms with Gasteiger partial charge in [-0.15, -0.1) is 0 Å². The number of ether oxygens (including phenoxy) is 1. The van der Waals surface area contributed by atoms with Crippen LogP contribution in [0.25, 0.3) is 0 Å². The van der Waals surface area contributed by atoms with Gasteiger partial charge < -0.3 is 10.1 Å². The molecule has 1 amide bonds. The van der Waals surface area contributed by atoms with Crippen molar-refractivity contribution in [3.8, 4) is 0 Å². The van der Waals surface area contributed by atoms with Crippen molar-refractivity contribution in [2.45, 2.75) is 85.3 Å². The molecule has 1 unspecified atom stereocenters. The molecule has 0 fully saturated rings. The van der Waals surface area contributed by atoms with E-state index < -0.39 is 5.60 Å². The van der Waals surface area contributed by atoms with Gasteiger partial charge in [0.1, 0.15) is 5.60 Å². The van der Waals surface area contributed by atoms with Crippen LogP contribution in [0.1, 0.15) is 74.1 Å². The van der Waals surface area contributed by atoms with Crippen molar-refractivity contribution in [3.63, 3.8) is 0 Å². The molecule has 0 aliphatic rings. The van der Waals surface area contributed by atoms with E-state index in [4.69, 9.17) is 4.74 Å². The first-order valence-corrected chi connectivity index (χ1v) is 7.61. The summed E-state index contributed by atoms with van der Waals surface area (Å²) in [4.78, 5) is 12.3. The van der Waals surface area contributed by atoms with Gasteiger partial charge >= 0.3 is 0 Å². The molecular formula is C16H33NO2. The summed E-state index contributed by atoms with van der Waals surface area (Å²) in [5.74, 6) is 0.470. The molecule has 1 atom stereocenters. The van der Waals surface area contributed by atoms with Crippen molar-refractivity contribution in [1.29, 1.82) is 0 Å². The van der Waals surface area contributed by atoms with Crippen molar-refractivity contribution in [3.05, 3.63) is 0 Å². The summed E-state index contributed by atoms with van der Waals surface area (Å²) in [5, 5.41) is 3.11. The van der Waals surface area contributed by atoms with Crippen LogP contribution < -0.4 is 5.32 Å². The number of nitrogens with one attached hydrogen (secondary N) is 1. The van der Waals surface area contributed by atoms with Gasteiger partial charge in [-0.05, 0) is 40.0 Å². The number of amides is 1. The van der Waals surface area contributed by atoms with Gasteiger partial charge in [0, 0.05) is 5.54 Å². The number of hydrogen-bond acceptors (Lipinski definition) is 2. The summed E-state index contributed by atoms with van der Waals surface area (Å²) in [6, 6.07) is 0. The Kier molecular flexibility index (Phi) is 7.65. The maximum absolute atomic E-state index is 12.3. The average Bonchev–Trinajstić information content (AvgIpc) is 2.33. The van der Waals surface area contributed by atoms with Gasteiger partial charge in [0.15, 0.2) is 0 Å². The normalized spacial score (nSPS) is 14.3. The number of unbranched alkanes of at least 4 members (excludes halogenated alkanes) is 1. The number of hydrogen-bond donors (Lipinski definition) is 1. The third-order valence-electron chi connectivity index (χ3n) is 3.58. The maximum atomic E-state index is 12.3. The molecule has 3 nitrogen and oxygen atoms in total. The minimum Gasteiger partial charge on any atom is -0.365 e. The van der Waals surface area contributed by atoms with Crippen LogP contribution in [0.5, 0.6) is 0 Å². The van der Waals surface area contributed by atoms with Gasteiger partial charge in [-0.25, -0.2) is 0 Å². The van der Waals surface area contributed by atoms with E-state index in [2.05, 4.69) is 39.9 Å². The minimum absolute atomic E-state index is 0.0168. The van der Waals surface area contributed by atoms with Crippen molar-refractivity contribution in [1.82, 2.24) is 5.32 Å². The Balaban J connectivity index is 4.37. The predicted molar refractivity (Wildman–Crippen MR) is 81.2 cm³/mol. The summed E-state index contributed by atoms with van der Waals surface area (Å²) >= 11 is 0. The first kappa shape index (κ1) is 18.4. The molecule has 0 saturated carbocycles. The van der Waals surface area contributed by atoms with Crippen molar-refractivity contribution < 1.29 is 9.53 Å². The third kappa shape index (κ3) is 7.56. The van der Waals surface area contributed by atoms with Crippen LogP contribution in [0.3, 0.4) is 0 Å². The SMILES string of the molecule is CCCCC(C)(C)NC(=O)C(C)(C)OCC(C)CC. The zero-order valence-corrected chi connectivity index (χ0v) is 13.9. The minimum atomic E-state index is -0.757. The van der Waals surface area contributed by atoms with E-state index in [9.17, 15) is 4.79 Å². The Labute approximate surface area is 119 Å². The molecule has 0 aliphatic heterocycles. The van der Waals surface area contributed by atoms with Crippen LogP contribution in [0.4, 0.5) is 0 Å². The van der Waals surface area contributed by atoms with Crippen LogP contribution in [0.15, 0.2) is 0 Å². The quantitative estimate of drug-likeness (QED) is 0.690. The zero-order chi connectivity index (χ0) is 15.1. The fraction of sp³-hybridized carbons (Fsp3) is 0.938. The molecule has 114 valence electrons. The zero-order valence-electron chi connectivity index (χ0n) is 13.9. The maximum Gasteiger partial charge on any atom is 0.252 e. The molecule has 19 heavy (non-hydrogen) atoms. The number of carbonyl (C=O) groups excluding carboxylic acids is 1. The molecule has 0 saturated heterocycles. The molecule has 1 N–H and O–H groups in total. The lowest BCUT2D eigenvalue weighted by Crippen LogP contribution is -2.53. The predicted octanol–water partition coefficient (Wildman–Crippen LogP) is 3.91. The highest BCUT2D eigenvalue weighted by molar-refractivity contribution is 5.84. The molecule has 0 bridgehead atoms. The Hall–Kier alpha value is -0.570. The molecule has 0 aromatic heterocycles. The van der Waals surface area contributed by atoms with Gasteiger partial charge in [0.05, 0.1) is 6.61 Å². The Morgan fingerprint density at radius 1 is 1.21 bits per heavy atom. The smallest absolute Gasteiger partial charge is 0.252 e. The molecule has 0 aromatic carbocycles. The van der Waals surface area contributed by atoms with Gasteiger partial charge in [-0.3, -0.25) is 4.79 Å². The van der Waals surface area contributed by atoms with Crippen LogP contribution in [-0.2, 0) is 9.53 Å². The fourth-order valence-electron chi connectivity index (χ4n) is 1.67. The van der Waals surface area contributed by atoms with E-state index in [0.29, 0.717) is 12.5 Å². The fourth-order valence-corrected chi connectivity index (χ4v) is 1.67. The molecule has 3 heteroatoms. The summed E-state index contributed by atoms with van der Waals surface area (Å²) in [6.07, 6.45) is 4.34. The molecule has 0 rings (SSSR count). The highest BCUT2D eigenvalue weighted by atomic mass is 16.5. The summed E-state index contributed by atoms with van der Waals surface area (Å²) < 4.78 is 5.78. The summed E-state index contributed by atoms with van der Waals surface area (Å²) in [6.45, 7) is 14.9. The standard InChI is InChI=1S/C16H33NO2/c1-8-10-11-15(4,5)17-14(18)16(6,7)19-12-13(3)9-2/h13H,8-12H2,1-7H3,(H,17,18). The van der Waals surface area contributed by atoms with Gasteiger partial charge in [-0.1, -0.05) is 40.0 Å². The molecule has 0 heterocycles. The lowest BCUT2D eigenvalue weighted by Gasteiger charge is -2.32. The molecule has 0 spiro atoms. The van der Waals surface area contributed by atoms with Gasteiger partial charge in [-0.2, -0.15) is 0 Å². The topological polar surface area (TPSA) is 38.3 Å². The number of carbonyl (C=O) groups is 1. The second-order valence-corrected chi connectivity index (χ2v) is 6.78. The lowest BCUT2D eigenvalue weighted by molar-refractivity contribution is -0.146. The molecule has 0 radical (unpaired) electrons. The summed E-state index contributed by atoms with van der Waals surface area (Å²) in [7, 11) is 0. The van der Waals surface area contributed by atoms with E-state index in [1.54, 1.807) is 0 Å². The Bertz CT molecular complexity index is 272. The van der Waals surface area contributed by atoms with Crippen LogP contribution in [0.2, 0.25) is 0 Å². The average molecular weight is 271 g/mol. The Morgan fingerprint density at radius 3 is 2.26 bits per heavy atom. The lowest BCUT2D eigenvalue weighted by atomic mass is 9.95. The van der Waals surface area contributed by atoms with E-state index in [1.165, 1.54) is 0 Å². The van der Waals surface area contributed by atoms with Crippen molar-refractivity contribution in [2.24, 2.45) is 5.92 Å². The van der Waals surface area contributed by atoms with E-state index >= 15 is 0 Å². The number of rotatable bonds is 9. The van der Waals surface area contributed by atoms with E-state index in [0.717, 1.165) is 25.7 Å². The third-order valence-corrected chi connectivity index (χ3v) is 3.58. The first-order chi connectivity index (χ1) is 8.64. The van der Waals surface area contributed by atoms with Crippen LogP contribution in [-0.4, -0.2) is 23.7 Å². The second-order valence-electron chi connectivity index (χ2n) is 6.78. The largest absolute Gasteiger partial charge is 0.365 e. The monoisotopic (exact) mass is 271 g/mol. The van der Waals surface area contributed by atoms with Gasteiger partial charge in [0.25, 0.3) is 5.91 Å². The van der Waals surface area contributed by atoms with E-state index in [1.807, 2.05) is 13.8 Å². The summed E-state index contributed by atoms with van der Waals surface area (Å²) in [5.41, 5.74) is -0.920. The van der Waals surface area contributed by atoms with E-state index in [-0.39, 0.29) is 11.4 Å². The first-order valence-electron chi connectivity index (χ1n) is 7.61. The van der Waals surface area contributed by atoms with Crippen molar-refractivity contribution >= 4 is 5.91 Å². The Morgan fingerprint density at radius 2 is 1.79 bits per heavy atom. The highest BCUT2D eigenvalue weighted by Crippen LogP contribution is 2.18. The van der Waals surface area contributed by atoms with Crippen LogP contribution in [0, 0.1) is 5.92 Å². The van der Waals surface area contributed by atoms with Crippen LogP contribution >= 0.6 is 0 Å². The molecule has 0 aliphatic carbocycles. The van der Waals surface area contributed by atoms with Gasteiger partial charge in [0.2, 0.25) is 0 Å². The molecule has 0 aromatic rings. The molecular weight excluding hydrogens is 238 g/mol. The highest BCUT2D eigenvalue weighted by Gasteiger charge is 2.32. The second kappa shape index (κ2) is 7.88. The van der Waals surface area contributed by atoms with Crippen molar-refractivity contribution in [2.75, 3.05) is 6.61 Å².